The SMILES string of the molecule is N#Cc1ccc(Nc2cc(=O)n(-c3c(Cl)cc(Cl)cc3Cl)[nH]2)cc1. The van der Waals surface area contributed by atoms with Crippen molar-refractivity contribution in [2.45, 2.75) is 0 Å². The van der Waals surface area contributed by atoms with Gasteiger partial charge in [0.25, 0.3) is 5.56 Å². The third-order valence-corrected chi connectivity index (χ3v) is 4.01. The normalized spacial score (nSPS) is 10.4. The number of nitrogens with zero attached hydrogens (tertiary/aromatic N) is 2. The summed E-state index contributed by atoms with van der Waals surface area (Å²) in [6.45, 7) is 0. The molecule has 3 aromatic rings. The van der Waals surface area contributed by atoms with E-state index in [-0.39, 0.29) is 15.6 Å². The van der Waals surface area contributed by atoms with Crippen molar-refractivity contribution in [2.24, 2.45) is 0 Å². The van der Waals surface area contributed by atoms with Gasteiger partial charge in [-0.2, -0.15) is 5.26 Å². The van der Waals surface area contributed by atoms with Crippen molar-refractivity contribution in [3.8, 4) is 11.8 Å². The molecule has 0 fully saturated rings. The van der Waals surface area contributed by atoms with E-state index in [1.807, 2.05) is 6.07 Å². The van der Waals surface area contributed by atoms with Gasteiger partial charge in [0, 0.05) is 16.8 Å². The van der Waals surface area contributed by atoms with Gasteiger partial charge < -0.3 is 5.32 Å². The Morgan fingerprint density at radius 2 is 1.67 bits per heavy atom. The van der Waals surface area contributed by atoms with Gasteiger partial charge in [-0.1, -0.05) is 34.8 Å². The molecule has 24 heavy (non-hydrogen) atoms. The largest absolute Gasteiger partial charge is 0.341 e. The predicted molar refractivity (Wildman–Crippen MR) is 95.9 cm³/mol. The summed E-state index contributed by atoms with van der Waals surface area (Å²) in [6.07, 6.45) is 0. The lowest BCUT2D eigenvalue weighted by molar-refractivity contribution is 0.853. The van der Waals surface area contributed by atoms with E-state index >= 15 is 0 Å². The highest BCUT2D eigenvalue weighted by Gasteiger charge is 2.14. The third-order valence-electron chi connectivity index (χ3n) is 3.22. The minimum Gasteiger partial charge on any atom is -0.341 e. The van der Waals surface area contributed by atoms with Crippen LogP contribution in [0.3, 0.4) is 0 Å². The van der Waals surface area contributed by atoms with E-state index in [0.29, 0.717) is 22.1 Å². The summed E-state index contributed by atoms with van der Waals surface area (Å²) in [6, 6.07) is 13.2. The number of hydrogen-bond acceptors (Lipinski definition) is 3. The van der Waals surface area contributed by atoms with Crippen LogP contribution < -0.4 is 10.9 Å². The number of rotatable bonds is 3. The van der Waals surface area contributed by atoms with Crippen LogP contribution in [-0.4, -0.2) is 9.78 Å². The fourth-order valence-corrected chi connectivity index (χ4v) is 3.14. The molecule has 0 saturated carbocycles. The Bertz CT molecular complexity index is 976. The number of halogens is 3. The van der Waals surface area contributed by atoms with Gasteiger partial charge in [-0.05, 0) is 36.4 Å². The molecule has 0 aliphatic rings. The zero-order valence-corrected chi connectivity index (χ0v) is 14.2. The summed E-state index contributed by atoms with van der Waals surface area (Å²) in [7, 11) is 0. The monoisotopic (exact) mass is 378 g/mol. The third kappa shape index (κ3) is 3.26. The molecule has 120 valence electrons. The smallest absolute Gasteiger partial charge is 0.273 e. The highest BCUT2D eigenvalue weighted by molar-refractivity contribution is 6.40. The van der Waals surface area contributed by atoms with Crippen LogP contribution >= 0.6 is 34.8 Å². The Labute approximate surface area is 152 Å². The molecular weight excluding hydrogens is 371 g/mol. The predicted octanol–water partition coefficient (Wildman–Crippen LogP) is 4.74. The molecule has 0 atom stereocenters. The van der Waals surface area contributed by atoms with Crippen molar-refractivity contribution in [3.05, 3.63) is 73.4 Å². The standard InChI is InChI=1S/C16H9Cl3N4O/c17-10-5-12(18)16(13(19)6-10)23-15(24)7-14(22-23)21-11-3-1-9(8-20)2-4-11/h1-7,21-22H. The molecular formula is C16H9Cl3N4O. The van der Waals surface area contributed by atoms with Crippen LogP contribution in [0.1, 0.15) is 5.56 Å². The quantitative estimate of drug-likeness (QED) is 0.690. The first kappa shape index (κ1) is 16.5. The molecule has 1 aromatic heterocycles. The molecule has 0 aliphatic carbocycles. The molecule has 3 rings (SSSR count). The number of benzene rings is 2. The fraction of sp³-hybridized carbons (Fsp3) is 0. The second-order valence-corrected chi connectivity index (χ2v) is 6.13. The zero-order valence-electron chi connectivity index (χ0n) is 12.0. The lowest BCUT2D eigenvalue weighted by Crippen LogP contribution is -2.14. The molecule has 0 saturated heterocycles. The van der Waals surface area contributed by atoms with Crippen molar-refractivity contribution in [2.75, 3.05) is 5.32 Å². The second kappa shape index (κ2) is 6.62. The number of aromatic nitrogens is 2. The van der Waals surface area contributed by atoms with Crippen molar-refractivity contribution < 1.29 is 0 Å². The van der Waals surface area contributed by atoms with Gasteiger partial charge >= 0.3 is 0 Å². The van der Waals surface area contributed by atoms with Crippen LogP contribution in [0.15, 0.2) is 47.3 Å². The summed E-state index contributed by atoms with van der Waals surface area (Å²) in [5.74, 6) is 0.451. The van der Waals surface area contributed by atoms with Gasteiger partial charge in [-0.3, -0.25) is 9.89 Å². The highest BCUT2D eigenvalue weighted by atomic mass is 35.5. The van der Waals surface area contributed by atoms with Crippen molar-refractivity contribution >= 4 is 46.3 Å². The van der Waals surface area contributed by atoms with Crippen LogP contribution in [0.5, 0.6) is 0 Å². The maximum absolute atomic E-state index is 12.2. The van der Waals surface area contributed by atoms with Crippen LogP contribution in [0.25, 0.3) is 5.69 Å². The number of aromatic amines is 1. The molecule has 0 unspecified atom stereocenters. The van der Waals surface area contributed by atoms with E-state index in [1.165, 1.54) is 22.9 Å². The van der Waals surface area contributed by atoms with E-state index in [1.54, 1.807) is 24.3 Å². The Morgan fingerprint density at radius 1 is 1.04 bits per heavy atom. The molecule has 8 heteroatoms. The first-order valence-electron chi connectivity index (χ1n) is 6.72. The molecule has 2 N–H and O–H groups in total. The van der Waals surface area contributed by atoms with E-state index in [9.17, 15) is 4.79 Å². The van der Waals surface area contributed by atoms with E-state index < -0.39 is 0 Å². The summed E-state index contributed by atoms with van der Waals surface area (Å²) < 4.78 is 1.23. The molecule has 0 radical (unpaired) electrons. The Morgan fingerprint density at radius 3 is 2.25 bits per heavy atom. The number of anilines is 2. The molecule has 2 aromatic carbocycles. The maximum atomic E-state index is 12.2. The zero-order chi connectivity index (χ0) is 17.3. The maximum Gasteiger partial charge on any atom is 0.273 e. The molecule has 0 bridgehead atoms. The lowest BCUT2D eigenvalue weighted by Gasteiger charge is -2.08. The van der Waals surface area contributed by atoms with E-state index in [2.05, 4.69) is 10.4 Å². The van der Waals surface area contributed by atoms with Crippen molar-refractivity contribution in [1.29, 1.82) is 5.26 Å². The summed E-state index contributed by atoms with van der Waals surface area (Å²) in [5.41, 5.74) is 1.25. The van der Waals surface area contributed by atoms with Gasteiger partial charge in [0.15, 0.2) is 0 Å². The summed E-state index contributed by atoms with van der Waals surface area (Å²) in [5, 5.41) is 15.6. The number of nitrogens with one attached hydrogen (secondary N) is 2. The highest BCUT2D eigenvalue weighted by Crippen LogP contribution is 2.31. The van der Waals surface area contributed by atoms with Crippen molar-refractivity contribution in [3.63, 3.8) is 0 Å². The molecule has 0 amide bonds. The molecule has 0 aliphatic heterocycles. The van der Waals surface area contributed by atoms with E-state index in [4.69, 9.17) is 40.1 Å². The van der Waals surface area contributed by atoms with Gasteiger partial charge in [0.05, 0.1) is 21.7 Å². The number of nitriles is 1. The average molecular weight is 380 g/mol. The topological polar surface area (TPSA) is 73.6 Å². The van der Waals surface area contributed by atoms with Crippen LogP contribution in [0.2, 0.25) is 15.1 Å². The molecule has 5 nitrogen and oxygen atoms in total. The van der Waals surface area contributed by atoms with Crippen LogP contribution in [-0.2, 0) is 0 Å². The van der Waals surface area contributed by atoms with Crippen LogP contribution in [0, 0.1) is 11.3 Å². The van der Waals surface area contributed by atoms with Crippen LogP contribution in [0.4, 0.5) is 11.5 Å². The van der Waals surface area contributed by atoms with Gasteiger partial charge in [0.1, 0.15) is 11.5 Å². The lowest BCUT2D eigenvalue weighted by atomic mass is 10.2. The molecule has 1 heterocycles. The van der Waals surface area contributed by atoms with E-state index in [0.717, 1.165) is 5.69 Å². The first-order valence-corrected chi connectivity index (χ1v) is 7.85. The average Bonchev–Trinajstić information content (AvgIpc) is 2.87. The van der Waals surface area contributed by atoms with Gasteiger partial charge in [-0.15, -0.1) is 0 Å². The summed E-state index contributed by atoms with van der Waals surface area (Å²) >= 11 is 18.2. The Hall–Kier alpha value is -2.39. The van der Waals surface area contributed by atoms with Gasteiger partial charge in [-0.25, -0.2) is 4.68 Å². The second-order valence-electron chi connectivity index (χ2n) is 4.88. The Kier molecular flexibility index (Phi) is 4.54. The Balaban J connectivity index is 1.96. The minimum atomic E-state index is -0.336. The van der Waals surface area contributed by atoms with Gasteiger partial charge in [0.2, 0.25) is 0 Å². The minimum absolute atomic E-state index is 0.251. The fourth-order valence-electron chi connectivity index (χ4n) is 2.16. The number of H-pyrrole nitrogens is 1. The number of hydrogen-bond donors (Lipinski definition) is 2. The summed E-state index contributed by atoms with van der Waals surface area (Å²) in [4.78, 5) is 12.2. The van der Waals surface area contributed by atoms with Crippen molar-refractivity contribution in [1.82, 2.24) is 9.78 Å². The first-order chi connectivity index (χ1) is 11.5. The molecule has 0 spiro atoms.